The first-order chi connectivity index (χ1) is 20.9. The Bertz CT molecular complexity index is 1760. The van der Waals surface area contributed by atoms with Crippen molar-refractivity contribution in [1.82, 2.24) is 15.0 Å². The van der Waals surface area contributed by atoms with Crippen LogP contribution >= 0.6 is 0 Å². The van der Waals surface area contributed by atoms with Crippen molar-refractivity contribution in [2.75, 3.05) is 29.2 Å². The topological polar surface area (TPSA) is 139 Å². The quantitative estimate of drug-likeness (QED) is 0.166. The van der Waals surface area contributed by atoms with Crippen molar-refractivity contribution in [2.45, 2.75) is 19.9 Å². The fourth-order valence-electron chi connectivity index (χ4n) is 4.44. The minimum absolute atomic E-state index is 0.0718. The molecule has 0 aliphatic carbocycles. The van der Waals surface area contributed by atoms with Crippen LogP contribution in [0.4, 0.5) is 22.4 Å². The van der Waals surface area contributed by atoms with Gasteiger partial charge in [-0.3, -0.25) is 10.1 Å². The molecule has 3 N–H and O–H groups in total. The van der Waals surface area contributed by atoms with Crippen molar-refractivity contribution in [3.8, 4) is 17.5 Å². The maximum Gasteiger partial charge on any atom is 0.328 e. The highest BCUT2D eigenvalue weighted by atomic mass is 16.5. The molecule has 0 aliphatic rings. The van der Waals surface area contributed by atoms with Gasteiger partial charge in [-0.05, 0) is 47.5 Å². The van der Waals surface area contributed by atoms with Crippen LogP contribution in [0.15, 0.2) is 91.0 Å². The van der Waals surface area contributed by atoms with Crippen LogP contribution < -0.4 is 25.0 Å². The SMILES string of the molecule is COc1ccccc1NC(=O)Nc1nc(Oc2ccc3ccccc3c2)nc(N(CCC(=O)O)Cc2cccc(C)c2)n1. The molecular formula is C32H30N6O5. The lowest BCUT2D eigenvalue weighted by Crippen LogP contribution is -2.29. The van der Waals surface area contributed by atoms with E-state index < -0.39 is 12.0 Å². The van der Waals surface area contributed by atoms with Gasteiger partial charge in [-0.1, -0.05) is 72.3 Å². The lowest BCUT2D eigenvalue weighted by molar-refractivity contribution is -0.136. The number of ether oxygens (including phenoxy) is 2. The Hall–Kier alpha value is -5.71. The minimum Gasteiger partial charge on any atom is -0.495 e. The minimum atomic E-state index is -0.967. The lowest BCUT2D eigenvalue weighted by Gasteiger charge is -2.23. The van der Waals surface area contributed by atoms with Gasteiger partial charge in [0, 0.05) is 13.1 Å². The fraction of sp³-hybridized carbons (Fsp3) is 0.156. The van der Waals surface area contributed by atoms with E-state index in [1.54, 1.807) is 35.2 Å². The number of amides is 2. The number of fused-ring (bicyclic) bond motifs is 1. The van der Waals surface area contributed by atoms with Crippen molar-refractivity contribution in [1.29, 1.82) is 0 Å². The van der Waals surface area contributed by atoms with Crippen molar-refractivity contribution < 1.29 is 24.2 Å². The number of carboxylic acids is 1. The van der Waals surface area contributed by atoms with Crippen LogP contribution in [0.25, 0.3) is 10.8 Å². The lowest BCUT2D eigenvalue weighted by atomic mass is 10.1. The second kappa shape index (κ2) is 13.3. The first kappa shape index (κ1) is 28.8. The maximum absolute atomic E-state index is 13.0. The summed E-state index contributed by atoms with van der Waals surface area (Å²) >= 11 is 0. The summed E-state index contributed by atoms with van der Waals surface area (Å²) in [6.45, 7) is 2.41. The number of para-hydroxylation sites is 2. The average molecular weight is 579 g/mol. The molecular weight excluding hydrogens is 548 g/mol. The molecule has 43 heavy (non-hydrogen) atoms. The molecule has 0 aliphatic heterocycles. The van der Waals surface area contributed by atoms with Crippen LogP contribution in [0.3, 0.4) is 0 Å². The van der Waals surface area contributed by atoms with Gasteiger partial charge in [-0.15, -0.1) is 0 Å². The molecule has 0 bridgehead atoms. The number of carboxylic acid groups (broad SMARTS) is 1. The summed E-state index contributed by atoms with van der Waals surface area (Å²) in [6.07, 6.45) is -0.157. The van der Waals surface area contributed by atoms with E-state index in [0.29, 0.717) is 23.7 Å². The maximum atomic E-state index is 13.0. The van der Waals surface area contributed by atoms with Gasteiger partial charge in [0.2, 0.25) is 11.9 Å². The number of carbonyl (C=O) groups excluding carboxylic acids is 1. The summed E-state index contributed by atoms with van der Waals surface area (Å²) in [5.41, 5.74) is 2.44. The average Bonchev–Trinajstić information content (AvgIpc) is 2.99. The number of aliphatic carboxylic acids is 1. The number of methoxy groups -OCH3 is 1. The highest BCUT2D eigenvalue weighted by Crippen LogP contribution is 2.27. The summed E-state index contributed by atoms with van der Waals surface area (Å²) in [6, 6.07) is 27.5. The Morgan fingerprint density at radius 2 is 1.65 bits per heavy atom. The first-order valence-electron chi connectivity index (χ1n) is 13.5. The Kier molecular flexibility index (Phi) is 8.91. The molecule has 1 heterocycles. The smallest absolute Gasteiger partial charge is 0.328 e. The van der Waals surface area contributed by atoms with Crippen LogP contribution in [0.2, 0.25) is 0 Å². The zero-order chi connectivity index (χ0) is 30.2. The summed E-state index contributed by atoms with van der Waals surface area (Å²) in [5.74, 6) is 0.0488. The van der Waals surface area contributed by atoms with Gasteiger partial charge in [0.15, 0.2) is 0 Å². The Morgan fingerprint density at radius 3 is 2.44 bits per heavy atom. The number of aromatic nitrogens is 3. The fourth-order valence-corrected chi connectivity index (χ4v) is 4.44. The third kappa shape index (κ3) is 7.73. The molecule has 0 saturated heterocycles. The number of rotatable bonds is 11. The molecule has 0 atom stereocenters. The third-order valence-corrected chi connectivity index (χ3v) is 6.45. The van der Waals surface area contributed by atoms with Crippen LogP contribution in [0.1, 0.15) is 17.5 Å². The third-order valence-electron chi connectivity index (χ3n) is 6.45. The summed E-state index contributed by atoms with van der Waals surface area (Å²) in [4.78, 5) is 39.5. The van der Waals surface area contributed by atoms with E-state index in [-0.39, 0.29) is 30.9 Å². The Balaban J connectivity index is 1.49. The normalized spacial score (nSPS) is 10.7. The van der Waals surface area contributed by atoms with E-state index in [2.05, 4.69) is 25.6 Å². The highest BCUT2D eigenvalue weighted by Gasteiger charge is 2.19. The summed E-state index contributed by atoms with van der Waals surface area (Å²) < 4.78 is 11.4. The number of benzene rings is 4. The molecule has 218 valence electrons. The number of hydrogen-bond acceptors (Lipinski definition) is 8. The van der Waals surface area contributed by atoms with Crippen LogP contribution in [0.5, 0.6) is 17.5 Å². The zero-order valence-corrected chi connectivity index (χ0v) is 23.7. The molecule has 4 aromatic carbocycles. The number of urea groups is 1. The van der Waals surface area contributed by atoms with Crippen molar-refractivity contribution in [3.63, 3.8) is 0 Å². The molecule has 5 aromatic rings. The molecule has 5 rings (SSSR count). The van der Waals surface area contributed by atoms with Gasteiger partial charge in [0.05, 0.1) is 19.2 Å². The second-order valence-electron chi connectivity index (χ2n) is 9.69. The number of aryl methyl sites for hydroxylation is 1. The molecule has 0 saturated carbocycles. The van der Waals surface area contributed by atoms with E-state index in [0.717, 1.165) is 21.9 Å². The number of nitrogens with one attached hydrogen (secondary N) is 2. The number of hydrogen-bond donors (Lipinski definition) is 3. The van der Waals surface area contributed by atoms with Crippen molar-refractivity contribution in [3.05, 3.63) is 102 Å². The largest absolute Gasteiger partial charge is 0.495 e. The van der Waals surface area contributed by atoms with E-state index in [1.165, 1.54) is 7.11 Å². The zero-order valence-electron chi connectivity index (χ0n) is 23.7. The van der Waals surface area contributed by atoms with E-state index in [4.69, 9.17) is 9.47 Å². The first-order valence-corrected chi connectivity index (χ1v) is 13.5. The van der Waals surface area contributed by atoms with E-state index >= 15 is 0 Å². The van der Waals surface area contributed by atoms with Crippen LogP contribution in [-0.2, 0) is 11.3 Å². The van der Waals surface area contributed by atoms with Gasteiger partial charge in [0.1, 0.15) is 11.5 Å². The molecule has 11 nitrogen and oxygen atoms in total. The van der Waals surface area contributed by atoms with Crippen LogP contribution in [-0.4, -0.2) is 45.7 Å². The van der Waals surface area contributed by atoms with Crippen molar-refractivity contribution >= 4 is 40.4 Å². The second-order valence-corrected chi connectivity index (χ2v) is 9.69. The van der Waals surface area contributed by atoms with Gasteiger partial charge >= 0.3 is 18.0 Å². The number of anilines is 3. The van der Waals surface area contributed by atoms with Crippen LogP contribution in [0, 0.1) is 6.92 Å². The molecule has 1 aromatic heterocycles. The standard InChI is InChI=1S/C32H30N6O5/c1-21-8-7-9-22(18-21)20-38(17-16-28(39)40)30-34-29(35-31(41)33-26-12-5-6-13-27(26)42-2)36-32(37-30)43-25-15-14-23-10-3-4-11-24(23)19-25/h3-15,18-19H,16-17,20H2,1-2H3,(H,39,40)(H2,33,34,35,36,37,41). The van der Waals surface area contributed by atoms with E-state index in [1.807, 2.05) is 67.6 Å². The van der Waals surface area contributed by atoms with Gasteiger partial charge in [0.25, 0.3) is 0 Å². The molecule has 0 fully saturated rings. The highest BCUT2D eigenvalue weighted by molar-refractivity contribution is 5.99. The molecule has 0 spiro atoms. The number of nitrogens with zero attached hydrogens (tertiary/aromatic N) is 4. The summed E-state index contributed by atoms with van der Waals surface area (Å²) in [7, 11) is 1.51. The molecule has 0 unspecified atom stereocenters. The van der Waals surface area contributed by atoms with Gasteiger partial charge in [-0.2, -0.15) is 15.0 Å². The van der Waals surface area contributed by atoms with Gasteiger partial charge in [-0.25, -0.2) is 4.79 Å². The van der Waals surface area contributed by atoms with E-state index in [9.17, 15) is 14.7 Å². The number of carbonyl (C=O) groups is 2. The van der Waals surface area contributed by atoms with Crippen molar-refractivity contribution in [2.24, 2.45) is 0 Å². The predicted molar refractivity (Wildman–Crippen MR) is 164 cm³/mol. The van der Waals surface area contributed by atoms with Gasteiger partial charge < -0.3 is 24.8 Å². The summed E-state index contributed by atoms with van der Waals surface area (Å²) in [5, 5.41) is 16.8. The molecule has 11 heteroatoms. The Morgan fingerprint density at radius 1 is 0.860 bits per heavy atom. The predicted octanol–water partition coefficient (Wildman–Crippen LogP) is 6.26. The molecule has 0 radical (unpaired) electrons. The molecule has 2 amide bonds. The Labute approximate surface area is 248 Å². The monoisotopic (exact) mass is 578 g/mol.